The first kappa shape index (κ1) is 10.9. The van der Waals surface area contributed by atoms with Crippen molar-refractivity contribution in [3.05, 3.63) is 64.5 Å². The fourth-order valence-corrected chi connectivity index (χ4v) is 2.57. The molecule has 4 heteroatoms. The van der Waals surface area contributed by atoms with Crippen LogP contribution in [-0.4, -0.2) is 9.97 Å². The molecule has 3 aromatic rings. The third-order valence-corrected chi connectivity index (χ3v) is 3.49. The normalized spacial score (nSPS) is 10.4. The Kier molecular flexibility index (Phi) is 2.78. The van der Waals surface area contributed by atoms with E-state index < -0.39 is 0 Å². The smallest absolute Gasteiger partial charge is 0.256 e. The zero-order chi connectivity index (χ0) is 12.4. The number of aromatic nitrogens is 2. The summed E-state index contributed by atoms with van der Waals surface area (Å²) in [6.07, 6.45) is 3.40. The Bertz CT molecular complexity index is 702. The highest BCUT2D eigenvalue weighted by Gasteiger charge is 2.12. The van der Waals surface area contributed by atoms with E-state index in [4.69, 9.17) is 0 Å². The molecular weight excluding hydrogens is 244 g/mol. The molecule has 3 nitrogen and oxygen atoms in total. The van der Waals surface area contributed by atoms with Gasteiger partial charge < -0.3 is 4.98 Å². The van der Waals surface area contributed by atoms with Crippen molar-refractivity contribution in [3.63, 3.8) is 0 Å². The number of pyridine rings is 1. The van der Waals surface area contributed by atoms with E-state index in [0.717, 1.165) is 16.1 Å². The average molecular weight is 254 g/mol. The summed E-state index contributed by atoms with van der Waals surface area (Å²) in [6, 6.07) is 11.5. The quantitative estimate of drug-likeness (QED) is 0.763. The second kappa shape index (κ2) is 4.58. The standard InChI is InChI=1S/C14H10N2OS/c17-13-12(10-4-2-1-3-5-10)11(6-7-15-13)14-16-8-9-18-14/h1-9H,(H,15,17). The molecule has 0 radical (unpaired) electrons. The van der Waals surface area contributed by atoms with Crippen LogP contribution >= 0.6 is 11.3 Å². The molecule has 0 saturated heterocycles. The number of hydrogen-bond donors (Lipinski definition) is 1. The van der Waals surface area contributed by atoms with Gasteiger partial charge in [-0.25, -0.2) is 4.98 Å². The third-order valence-electron chi connectivity index (χ3n) is 2.69. The highest BCUT2D eigenvalue weighted by Crippen LogP contribution is 2.29. The minimum atomic E-state index is -0.0890. The van der Waals surface area contributed by atoms with E-state index in [1.165, 1.54) is 11.3 Å². The highest BCUT2D eigenvalue weighted by molar-refractivity contribution is 7.13. The lowest BCUT2D eigenvalue weighted by Gasteiger charge is -2.05. The number of nitrogens with one attached hydrogen (secondary N) is 1. The lowest BCUT2D eigenvalue weighted by molar-refractivity contribution is 1.24. The zero-order valence-electron chi connectivity index (χ0n) is 9.46. The Morgan fingerprint density at radius 2 is 1.94 bits per heavy atom. The molecule has 1 N–H and O–H groups in total. The average Bonchev–Trinajstić information content (AvgIpc) is 2.93. The first-order valence-corrected chi connectivity index (χ1v) is 6.41. The van der Waals surface area contributed by atoms with Crippen LogP contribution in [0.2, 0.25) is 0 Å². The van der Waals surface area contributed by atoms with Crippen molar-refractivity contribution in [3.8, 4) is 21.7 Å². The molecule has 0 bridgehead atoms. The largest absolute Gasteiger partial charge is 0.329 e. The summed E-state index contributed by atoms with van der Waals surface area (Å²) < 4.78 is 0. The maximum absolute atomic E-state index is 12.1. The van der Waals surface area contributed by atoms with Crippen LogP contribution in [0.1, 0.15) is 0 Å². The first-order valence-electron chi connectivity index (χ1n) is 5.53. The van der Waals surface area contributed by atoms with Crippen LogP contribution in [0, 0.1) is 0 Å². The summed E-state index contributed by atoms with van der Waals surface area (Å²) in [4.78, 5) is 19.1. The summed E-state index contributed by atoms with van der Waals surface area (Å²) in [5.74, 6) is 0. The van der Waals surface area contributed by atoms with Crippen molar-refractivity contribution in [2.24, 2.45) is 0 Å². The molecule has 0 atom stereocenters. The Hall–Kier alpha value is -2.20. The van der Waals surface area contributed by atoms with Crippen LogP contribution in [0.5, 0.6) is 0 Å². The van der Waals surface area contributed by atoms with Crippen molar-refractivity contribution in [2.75, 3.05) is 0 Å². The van der Waals surface area contributed by atoms with Gasteiger partial charge in [0.2, 0.25) is 0 Å². The van der Waals surface area contributed by atoms with Gasteiger partial charge in [0.25, 0.3) is 5.56 Å². The molecule has 0 saturated carbocycles. The van der Waals surface area contributed by atoms with Gasteiger partial charge in [0, 0.05) is 23.3 Å². The van der Waals surface area contributed by atoms with Gasteiger partial charge in [-0.3, -0.25) is 4.79 Å². The molecule has 0 aliphatic rings. The molecule has 2 aromatic heterocycles. The Morgan fingerprint density at radius 3 is 2.67 bits per heavy atom. The number of benzene rings is 1. The molecule has 0 spiro atoms. The molecule has 0 fully saturated rings. The minimum absolute atomic E-state index is 0.0890. The number of aromatic amines is 1. The van der Waals surface area contributed by atoms with Gasteiger partial charge in [0.15, 0.2) is 0 Å². The summed E-state index contributed by atoms with van der Waals surface area (Å²) >= 11 is 1.53. The molecule has 0 aliphatic heterocycles. The Balaban J connectivity index is 2.29. The number of hydrogen-bond acceptors (Lipinski definition) is 3. The molecule has 88 valence electrons. The summed E-state index contributed by atoms with van der Waals surface area (Å²) in [5, 5.41) is 2.77. The summed E-state index contributed by atoms with van der Waals surface area (Å²) in [6.45, 7) is 0. The Labute approximate surface area is 108 Å². The number of rotatable bonds is 2. The molecule has 3 rings (SSSR count). The lowest BCUT2D eigenvalue weighted by atomic mass is 10.0. The first-order chi connectivity index (χ1) is 8.86. The van der Waals surface area contributed by atoms with Gasteiger partial charge in [0.1, 0.15) is 5.01 Å². The predicted molar refractivity (Wildman–Crippen MR) is 73.6 cm³/mol. The molecule has 18 heavy (non-hydrogen) atoms. The van der Waals surface area contributed by atoms with Crippen molar-refractivity contribution in [1.29, 1.82) is 0 Å². The molecule has 2 heterocycles. The van der Waals surface area contributed by atoms with Gasteiger partial charge in [0.05, 0.1) is 5.56 Å². The van der Waals surface area contributed by atoms with Crippen molar-refractivity contribution >= 4 is 11.3 Å². The van der Waals surface area contributed by atoms with Gasteiger partial charge in [-0.1, -0.05) is 30.3 Å². The second-order valence-corrected chi connectivity index (χ2v) is 4.69. The maximum atomic E-state index is 12.1. The minimum Gasteiger partial charge on any atom is -0.329 e. The number of nitrogens with zero attached hydrogens (tertiary/aromatic N) is 1. The van der Waals surface area contributed by atoms with Gasteiger partial charge in [-0.05, 0) is 11.6 Å². The van der Waals surface area contributed by atoms with Gasteiger partial charge in [-0.15, -0.1) is 11.3 Å². The SMILES string of the molecule is O=c1[nH]ccc(-c2nccs2)c1-c1ccccc1. The second-order valence-electron chi connectivity index (χ2n) is 3.80. The fourth-order valence-electron chi connectivity index (χ4n) is 1.90. The van der Waals surface area contributed by atoms with E-state index in [0.29, 0.717) is 5.56 Å². The van der Waals surface area contributed by atoms with Crippen molar-refractivity contribution in [2.45, 2.75) is 0 Å². The van der Waals surface area contributed by atoms with E-state index in [1.807, 2.05) is 41.8 Å². The van der Waals surface area contributed by atoms with Crippen LogP contribution < -0.4 is 5.56 Å². The molecule has 1 aromatic carbocycles. The molecule has 0 unspecified atom stereocenters. The predicted octanol–water partition coefficient (Wildman–Crippen LogP) is 3.17. The number of H-pyrrole nitrogens is 1. The molecular formula is C14H10N2OS. The van der Waals surface area contributed by atoms with Crippen LogP contribution in [0.3, 0.4) is 0 Å². The number of thiazole rings is 1. The zero-order valence-corrected chi connectivity index (χ0v) is 10.3. The van der Waals surface area contributed by atoms with Crippen molar-refractivity contribution in [1.82, 2.24) is 9.97 Å². The Morgan fingerprint density at radius 1 is 1.11 bits per heavy atom. The summed E-state index contributed by atoms with van der Waals surface area (Å²) in [5.41, 5.74) is 2.37. The van der Waals surface area contributed by atoms with Crippen LogP contribution in [0.15, 0.2) is 59.0 Å². The molecule has 0 aliphatic carbocycles. The van der Waals surface area contributed by atoms with E-state index in [2.05, 4.69) is 9.97 Å². The lowest BCUT2D eigenvalue weighted by Crippen LogP contribution is -2.09. The van der Waals surface area contributed by atoms with Crippen LogP contribution in [0.25, 0.3) is 21.7 Å². The van der Waals surface area contributed by atoms with Crippen LogP contribution in [-0.2, 0) is 0 Å². The maximum Gasteiger partial charge on any atom is 0.256 e. The van der Waals surface area contributed by atoms with E-state index in [1.54, 1.807) is 12.4 Å². The fraction of sp³-hybridized carbons (Fsp3) is 0. The highest BCUT2D eigenvalue weighted by atomic mass is 32.1. The monoisotopic (exact) mass is 254 g/mol. The topological polar surface area (TPSA) is 45.8 Å². The van der Waals surface area contributed by atoms with Crippen LogP contribution in [0.4, 0.5) is 0 Å². The van der Waals surface area contributed by atoms with Crippen molar-refractivity contribution < 1.29 is 0 Å². The van der Waals surface area contributed by atoms with E-state index in [9.17, 15) is 4.79 Å². The van der Waals surface area contributed by atoms with E-state index >= 15 is 0 Å². The summed E-state index contributed by atoms with van der Waals surface area (Å²) in [7, 11) is 0. The third kappa shape index (κ3) is 1.87. The molecule has 0 amide bonds. The van der Waals surface area contributed by atoms with E-state index in [-0.39, 0.29) is 5.56 Å². The van der Waals surface area contributed by atoms with Gasteiger partial charge >= 0.3 is 0 Å². The van der Waals surface area contributed by atoms with Gasteiger partial charge in [-0.2, -0.15) is 0 Å².